The molecule has 1 N–H and O–H groups in total. The van der Waals surface area contributed by atoms with Crippen molar-refractivity contribution in [2.75, 3.05) is 66.2 Å². The first-order valence-electron chi connectivity index (χ1n) is 8.55. The monoisotopic (exact) mass is 339 g/mol. The number of piperazine rings is 1. The van der Waals surface area contributed by atoms with Gasteiger partial charge in [0.15, 0.2) is 5.96 Å². The lowest BCUT2D eigenvalue weighted by molar-refractivity contribution is 0.0746. The van der Waals surface area contributed by atoms with Gasteiger partial charge in [0.05, 0.1) is 32.1 Å². The number of nitrogens with one attached hydrogen (secondary N) is 1. The molecule has 2 heterocycles. The van der Waals surface area contributed by atoms with Gasteiger partial charge in [0, 0.05) is 52.4 Å². The quantitative estimate of drug-likeness (QED) is 0.397. The van der Waals surface area contributed by atoms with Gasteiger partial charge in [0.1, 0.15) is 6.26 Å². The van der Waals surface area contributed by atoms with Gasteiger partial charge in [-0.3, -0.25) is 9.89 Å². The average molecular weight is 339 g/mol. The second-order valence-corrected chi connectivity index (χ2v) is 5.59. The van der Waals surface area contributed by atoms with Crippen LogP contribution in [-0.4, -0.2) is 87.1 Å². The molecule has 1 aliphatic rings. The van der Waals surface area contributed by atoms with Crippen LogP contribution in [0.3, 0.4) is 0 Å². The number of guanidine groups is 1. The molecule has 1 aromatic rings. The third-order valence-corrected chi connectivity index (χ3v) is 3.81. The van der Waals surface area contributed by atoms with Crippen molar-refractivity contribution in [2.45, 2.75) is 13.5 Å². The molecule has 0 spiro atoms. The highest BCUT2D eigenvalue weighted by atomic mass is 16.5. The molecule has 8 heteroatoms. The standard InChI is InChI=1S/C16H29N5O3/c1-3-17-16(18-5-11-23-13-12-22-2)21-8-6-20(7-9-21)14-15-4-10-24-19-15/h4,10H,3,5-9,11-14H2,1-2H3,(H,17,18). The Morgan fingerprint density at radius 2 is 2.12 bits per heavy atom. The third kappa shape index (κ3) is 6.46. The molecular formula is C16H29N5O3. The fourth-order valence-corrected chi connectivity index (χ4v) is 2.55. The van der Waals surface area contributed by atoms with E-state index in [9.17, 15) is 0 Å². The van der Waals surface area contributed by atoms with Gasteiger partial charge in [0.2, 0.25) is 0 Å². The van der Waals surface area contributed by atoms with Crippen molar-refractivity contribution >= 4 is 5.96 Å². The minimum absolute atomic E-state index is 0.614. The van der Waals surface area contributed by atoms with Crippen molar-refractivity contribution in [3.63, 3.8) is 0 Å². The molecular weight excluding hydrogens is 310 g/mol. The van der Waals surface area contributed by atoms with E-state index in [1.54, 1.807) is 13.4 Å². The average Bonchev–Trinajstić information content (AvgIpc) is 3.11. The van der Waals surface area contributed by atoms with E-state index in [1.165, 1.54) is 0 Å². The smallest absolute Gasteiger partial charge is 0.194 e. The zero-order chi connectivity index (χ0) is 17.0. The van der Waals surface area contributed by atoms with Crippen LogP contribution in [0.1, 0.15) is 12.6 Å². The summed E-state index contributed by atoms with van der Waals surface area (Å²) in [6.07, 6.45) is 1.62. The molecule has 0 saturated carbocycles. The van der Waals surface area contributed by atoms with E-state index in [4.69, 9.17) is 14.0 Å². The summed E-state index contributed by atoms with van der Waals surface area (Å²) in [4.78, 5) is 9.34. The Balaban J connectivity index is 1.73. The predicted molar refractivity (Wildman–Crippen MR) is 92.0 cm³/mol. The van der Waals surface area contributed by atoms with E-state index < -0.39 is 0 Å². The van der Waals surface area contributed by atoms with Gasteiger partial charge in [-0.25, -0.2) is 0 Å². The number of hydrogen-bond acceptors (Lipinski definition) is 6. The minimum Gasteiger partial charge on any atom is -0.382 e. The molecule has 0 atom stereocenters. The van der Waals surface area contributed by atoms with Crippen LogP contribution in [-0.2, 0) is 16.0 Å². The summed E-state index contributed by atoms with van der Waals surface area (Å²) in [7, 11) is 1.67. The highest BCUT2D eigenvalue weighted by Crippen LogP contribution is 2.07. The van der Waals surface area contributed by atoms with Crippen LogP contribution in [0.25, 0.3) is 0 Å². The van der Waals surface area contributed by atoms with E-state index in [-0.39, 0.29) is 0 Å². The third-order valence-electron chi connectivity index (χ3n) is 3.81. The number of aromatic nitrogens is 1. The molecule has 2 rings (SSSR count). The summed E-state index contributed by atoms with van der Waals surface area (Å²) in [6.45, 7) is 10.2. The van der Waals surface area contributed by atoms with E-state index in [0.717, 1.165) is 50.9 Å². The van der Waals surface area contributed by atoms with Gasteiger partial charge in [-0.2, -0.15) is 0 Å². The van der Waals surface area contributed by atoms with Crippen molar-refractivity contribution in [2.24, 2.45) is 4.99 Å². The fourth-order valence-electron chi connectivity index (χ4n) is 2.55. The summed E-state index contributed by atoms with van der Waals surface area (Å²) in [5.41, 5.74) is 0.984. The first kappa shape index (κ1) is 18.7. The number of ether oxygens (including phenoxy) is 2. The summed E-state index contributed by atoms with van der Waals surface area (Å²) >= 11 is 0. The normalized spacial score (nSPS) is 16.6. The van der Waals surface area contributed by atoms with Gasteiger partial charge < -0.3 is 24.2 Å². The van der Waals surface area contributed by atoms with Gasteiger partial charge >= 0.3 is 0 Å². The van der Waals surface area contributed by atoms with Crippen molar-refractivity contribution < 1.29 is 14.0 Å². The second-order valence-electron chi connectivity index (χ2n) is 5.59. The first-order chi connectivity index (χ1) is 11.8. The summed E-state index contributed by atoms with van der Waals surface area (Å²) < 4.78 is 15.3. The maximum absolute atomic E-state index is 5.46. The molecule has 1 aliphatic heterocycles. The van der Waals surface area contributed by atoms with Crippen LogP contribution in [0.4, 0.5) is 0 Å². The topological polar surface area (TPSA) is 75.4 Å². The van der Waals surface area contributed by atoms with E-state index in [0.29, 0.717) is 26.4 Å². The zero-order valence-corrected chi connectivity index (χ0v) is 14.7. The Hall–Kier alpha value is -1.64. The molecule has 1 aromatic heterocycles. The van der Waals surface area contributed by atoms with Crippen LogP contribution in [0.2, 0.25) is 0 Å². The van der Waals surface area contributed by atoms with E-state index >= 15 is 0 Å². The number of rotatable bonds is 9. The maximum atomic E-state index is 5.46. The van der Waals surface area contributed by atoms with Gasteiger partial charge in [0.25, 0.3) is 0 Å². The Morgan fingerprint density at radius 3 is 2.79 bits per heavy atom. The largest absolute Gasteiger partial charge is 0.382 e. The minimum atomic E-state index is 0.614. The molecule has 0 aromatic carbocycles. The molecule has 0 radical (unpaired) electrons. The SMILES string of the molecule is CCNC(=NCCOCCOC)N1CCN(Cc2ccon2)CC1. The predicted octanol–water partition coefficient (Wildman–Crippen LogP) is 0.421. The number of hydrogen-bond donors (Lipinski definition) is 1. The highest BCUT2D eigenvalue weighted by molar-refractivity contribution is 5.80. The molecule has 1 saturated heterocycles. The molecule has 24 heavy (non-hydrogen) atoms. The first-order valence-corrected chi connectivity index (χ1v) is 8.55. The Morgan fingerprint density at radius 1 is 1.29 bits per heavy atom. The van der Waals surface area contributed by atoms with Crippen molar-refractivity contribution in [3.8, 4) is 0 Å². The zero-order valence-electron chi connectivity index (χ0n) is 14.7. The number of aliphatic imine (C=N–C) groups is 1. The van der Waals surface area contributed by atoms with Crippen molar-refractivity contribution in [1.82, 2.24) is 20.3 Å². The lowest BCUT2D eigenvalue weighted by Gasteiger charge is -2.36. The molecule has 136 valence electrons. The van der Waals surface area contributed by atoms with Crippen LogP contribution >= 0.6 is 0 Å². The molecule has 0 aliphatic carbocycles. The Kier molecular flexibility index (Phi) is 8.58. The lowest BCUT2D eigenvalue weighted by atomic mass is 10.3. The second kappa shape index (κ2) is 11.0. The lowest BCUT2D eigenvalue weighted by Crippen LogP contribution is -2.52. The number of methoxy groups -OCH3 is 1. The van der Waals surface area contributed by atoms with Crippen molar-refractivity contribution in [3.05, 3.63) is 18.0 Å². The summed E-state index contributed by atoms with van der Waals surface area (Å²) in [5, 5.41) is 7.34. The summed E-state index contributed by atoms with van der Waals surface area (Å²) in [6, 6.07) is 1.92. The highest BCUT2D eigenvalue weighted by Gasteiger charge is 2.20. The van der Waals surface area contributed by atoms with Gasteiger partial charge in [-0.15, -0.1) is 0 Å². The fraction of sp³-hybridized carbons (Fsp3) is 0.750. The van der Waals surface area contributed by atoms with E-state index in [1.807, 2.05) is 6.07 Å². The van der Waals surface area contributed by atoms with Crippen LogP contribution in [0.5, 0.6) is 0 Å². The van der Waals surface area contributed by atoms with Crippen LogP contribution in [0.15, 0.2) is 21.8 Å². The Bertz CT molecular complexity index is 458. The molecule has 0 bridgehead atoms. The van der Waals surface area contributed by atoms with Gasteiger partial charge in [-0.1, -0.05) is 5.16 Å². The summed E-state index contributed by atoms with van der Waals surface area (Å²) in [5.74, 6) is 0.967. The van der Waals surface area contributed by atoms with Gasteiger partial charge in [-0.05, 0) is 6.92 Å². The van der Waals surface area contributed by atoms with Crippen LogP contribution in [0, 0.1) is 0 Å². The molecule has 0 unspecified atom stereocenters. The molecule has 8 nitrogen and oxygen atoms in total. The van der Waals surface area contributed by atoms with E-state index in [2.05, 4.69) is 32.2 Å². The number of nitrogens with zero attached hydrogens (tertiary/aromatic N) is 4. The molecule has 0 amide bonds. The molecule has 1 fully saturated rings. The van der Waals surface area contributed by atoms with Crippen LogP contribution < -0.4 is 5.32 Å². The maximum Gasteiger partial charge on any atom is 0.194 e. The van der Waals surface area contributed by atoms with Crippen molar-refractivity contribution in [1.29, 1.82) is 0 Å². The Labute approximate surface area is 143 Å².